The first-order chi connectivity index (χ1) is 12.9. The SMILES string of the molecule is COc1ccc(/C=C/[C@@](C)(/C=C/c2ccc(O)cc2)CCC=C(C)C)cc1. The zero-order valence-electron chi connectivity index (χ0n) is 16.8. The molecule has 1 N–H and O–H groups in total. The van der Waals surface area contributed by atoms with Crippen molar-refractivity contribution < 1.29 is 9.84 Å². The van der Waals surface area contributed by atoms with Gasteiger partial charge in [-0.15, -0.1) is 0 Å². The van der Waals surface area contributed by atoms with Crippen molar-refractivity contribution in [3.05, 3.63) is 83.5 Å². The molecule has 142 valence electrons. The lowest BCUT2D eigenvalue weighted by molar-refractivity contribution is 0.415. The number of methoxy groups -OCH3 is 1. The summed E-state index contributed by atoms with van der Waals surface area (Å²) < 4.78 is 5.23. The third-order valence-corrected chi connectivity index (χ3v) is 4.56. The van der Waals surface area contributed by atoms with Gasteiger partial charge in [-0.3, -0.25) is 0 Å². The fraction of sp³-hybridized carbons (Fsp3) is 0.280. The van der Waals surface area contributed by atoms with E-state index in [1.165, 1.54) is 5.57 Å². The predicted molar refractivity (Wildman–Crippen MR) is 116 cm³/mol. The van der Waals surface area contributed by atoms with E-state index in [1.807, 2.05) is 24.3 Å². The maximum absolute atomic E-state index is 9.45. The van der Waals surface area contributed by atoms with Gasteiger partial charge in [-0.2, -0.15) is 0 Å². The van der Waals surface area contributed by atoms with Gasteiger partial charge in [0.05, 0.1) is 7.11 Å². The molecule has 0 saturated heterocycles. The highest BCUT2D eigenvalue weighted by Crippen LogP contribution is 2.30. The molecule has 0 bridgehead atoms. The number of benzene rings is 2. The van der Waals surface area contributed by atoms with Crippen molar-refractivity contribution in [2.45, 2.75) is 33.6 Å². The van der Waals surface area contributed by atoms with Gasteiger partial charge < -0.3 is 9.84 Å². The molecule has 0 spiro atoms. The molecule has 0 heterocycles. The van der Waals surface area contributed by atoms with E-state index in [0.717, 1.165) is 29.7 Å². The molecule has 0 aliphatic carbocycles. The Morgan fingerprint density at radius 3 is 1.93 bits per heavy atom. The summed E-state index contributed by atoms with van der Waals surface area (Å²) in [6.07, 6.45) is 13.2. The van der Waals surface area contributed by atoms with E-state index in [1.54, 1.807) is 19.2 Å². The lowest BCUT2D eigenvalue weighted by Crippen LogP contribution is -2.09. The number of phenols is 1. The highest BCUT2D eigenvalue weighted by molar-refractivity contribution is 5.55. The second-order valence-corrected chi connectivity index (χ2v) is 7.36. The first-order valence-electron chi connectivity index (χ1n) is 9.35. The van der Waals surface area contributed by atoms with Crippen molar-refractivity contribution >= 4 is 12.2 Å². The van der Waals surface area contributed by atoms with Crippen LogP contribution in [0.5, 0.6) is 11.5 Å². The Bertz CT molecular complexity index is 791. The van der Waals surface area contributed by atoms with Gasteiger partial charge in [0.25, 0.3) is 0 Å². The van der Waals surface area contributed by atoms with Gasteiger partial charge in [0, 0.05) is 5.41 Å². The third kappa shape index (κ3) is 7.18. The van der Waals surface area contributed by atoms with E-state index in [4.69, 9.17) is 4.74 Å². The van der Waals surface area contributed by atoms with Crippen LogP contribution in [0, 0.1) is 5.41 Å². The van der Waals surface area contributed by atoms with Crippen molar-refractivity contribution in [2.24, 2.45) is 5.41 Å². The molecule has 2 aromatic rings. The van der Waals surface area contributed by atoms with Crippen LogP contribution in [-0.2, 0) is 0 Å². The average Bonchev–Trinajstić information content (AvgIpc) is 2.66. The minimum Gasteiger partial charge on any atom is -0.508 e. The van der Waals surface area contributed by atoms with Crippen LogP contribution in [0.3, 0.4) is 0 Å². The molecule has 0 aliphatic rings. The zero-order valence-corrected chi connectivity index (χ0v) is 16.8. The van der Waals surface area contributed by atoms with Crippen LogP contribution < -0.4 is 4.74 Å². The zero-order chi connectivity index (χ0) is 19.7. The van der Waals surface area contributed by atoms with Crippen LogP contribution in [-0.4, -0.2) is 12.2 Å². The minimum absolute atomic E-state index is 0.0657. The summed E-state index contributed by atoms with van der Waals surface area (Å²) in [5.74, 6) is 1.16. The molecule has 2 aromatic carbocycles. The highest BCUT2D eigenvalue weighted by Gasteiger charge is 2.16. The summed E-state index contributed by atoms with van der Waals surface area (Å²) in [6.45, 7) is 6.52. The van der Waals surface area contributed by atoms with Crippen LogP contribution in [0.4, 0.5) is 0 Å². The van der Waals surface area contributed by atoms with Crippen LogP contribution in [0.25, 0.3) is 12.2 Å². The van der Waals surface area contributed by atoms with E-state index >= 15 is 0 Å². The predicted octanol–water partition coefficient (Wildman–Crippen LogP) is 6.88. The summed E-state index contributed by atoms with van der Waals surface area (Å²) in [6, 6.07) is 15.4. The topological polar surface area (TPSA) is 29.5 Å². The first kappa shape index (κ1) is 20.6. The maximum atomic E-state index is 9.45. The van der Waals surface area contributed by atoms with Gasteiger partial charge in [-0.1, -0.05) is 67.1 Å². The molecule has 2 nitrogen and oxygen atoms in total. The molecular weight excluding hydrogens is 332 g/mol. The van der Waals surface area contributed by atoms with Crippen LogP contribution in [0.1, 0.15) is 44.7 Å². The minimum atomic E-state index is -0.0657. The van der Waals surface area contributed by atoms with Crippen molar-refractivity contribution in [1.82, 2.24) is 0 Å². The fourth-order valence-electron chi connectivity index (χ4n) is 2.77. The normalized spacial score (nSPS) is 13.6. The Hall–Kier alpha value is -2.74. The monoisotopic (exact) mass is 362 g/mol. The smallest absolute Gasteiger partial charge is 0.118 e. The Morgan fingerprint density at radius 1 is 0.926 bits per heavy atom. The number of hydrogen-bond acceptors (Lipinski definition) is 2. The van der Waals surface area contributed by atoms with E-state index < -0.39 is 0 Å². The Balaban J connectivity index is 2.20. The maximum Gasteiger partial charge on any atom is 0.118 e. The summed E-state index contributed by atoms with van der Waals surface area (Å²) >= 11 is 0. The van der Waals surface area contributed by atoms with Gasteiger partial charge in [-0.05, 0) is 62.1 Å². The van der Waals surface area contributed by atoms with Crippen LogP contribution >= 0.6 is 0 Å². The second-order valence-electron chi connectivity index (χ2n) is 7.36. The largest absolute Gasteiger partial charge is 0.508 e. The second kappa shape index (κ2) is 9.82. The number of rotatable bonds is 8. The van der Waals surface area contributed by atoms with Gasteiger partial charge in [0.15, 0.2) is 0 Å². The molecule has 0 aliphatic heterocycles. The molecule has 27 heavy (non-hydrogen) atoms. The number of ether oxygens (including phenoxy) is 1. The van der Waals surface area contributed by atoms with E-state index in [2.05, 4.69) is 63.3 Å². The Labute approximate surface area is 163 Å². The molecule has 1 atom stereocenters. The van der Waals surface area contributed by atoms with Gasteiger partial charge in [0.2, 0.25) is 0 Å². The van der Waals surface area contributed by atoms with Crippen molar-refractivity contribution in [3.63, 3.8) is 0 Å². The molecule has 2 heteroatoms. The standard InChI is InChI=1S/C25H30O2/c1-20(2)6-5-17-25(3,18-15-21-7-11-23(26)12-8-21)19-16-22-9-13-24(27-4)14-10-22/h6-16,18-19,26H,5,17H2,1-4H3/b18-15+,19-16+/t25-/m1/s1. The summed E-state index contributed by atoms with van der Waals surface area (Å²) in [7, 11) is 1.68. The molecule has 0 radical (unpaired) electrons. The molecule has 0 saturated carbocycles. The molecule has 2 rings (SSSR count). The molecular formula is C25H30O2. The third-order valence-electron chi connectivity index (χ3n) is 4.56. The van der Waals surface area contributed by atoms with Crippen molar-refractivity contribution in [3.8, 4) is 11.5 Å². The van der Waals surface area contributed by atoms with Gasteiger partial charge >= 0.3 is 0 Å². The lowest BCUT2D eigenvalue weighted by atomic mass is 9.83. The molecule has 0 unspecified atom stereocenters. The first-order valence-corrected chi connectivity index (χ1v) is 9.35. The van der Waals surface area contributed by atoms with Gasteiger partial charge in [-0.25, -0.2) is 0 Å². The Morgan fingerprint density at radius 2 is 1.44 bits per heavy atom. The van der Waals surface area contributed by atoms with Crippen molar-refractivity contribution in [2.75, 3.05) is 7.11 Å². The number of hydrogen-bond donors (Lipinski definition) is 1. The van der Waals surface area contributed by atoms with Crippen LogP contribution in [0.2, 0.25) is 0 Å². The van der Waals surface area contributed by atoms with E-state index in [0.29, 0.717) is 0 Å². The van der Waals surface area contributed by atoms with E-state index in [9.17, 15) is 5.11 Å². The molecule has 0 aromatic heterocycles. The molecule has 0 fully saturated rings. The highest BCUT2D eigenvalue weighted by atomic mass is 16.5. The number of allylic oxidation sites excluding steroid dienone is 4. The number of phenolic OH excluding ortho intramolecular Hbond substituents is 1. The summed E-state index contributed by atoms with van der Waals surface area (Å²) in [5, 5.41) is 9.45. The van der Waals surface area contributed by atoms with Gasteiger partial charge in [0.1, 0.15) is 11.5 Å². The van der Waals surface area contributed by atoms with Crippen LogP contribution in [0.15, 0.2) is 72.3 Å². The summed E-state index contributed by atoms with van der Waals surface area (Å²) in [4.78, 5) is 0. The summed E-state index contributed by atoms with van der Waals surface area (Å²) in [5.41, 5.74) is 3.52. The average molecular weight is 363 g/mol. The molecule has 0 amide bonds. The van der Waals surface area contributed by atoms with E-state index in [-0.39, 0.29) is 11.2 Å². The quantitative estimate of drug-likeness (QED) is 0.519. The number of aromatic hydroxyl groups is 1. The van der Waals surface area contributed by atoms with Crippen molar-refractivity contribution in [1.29, 1.82) is 0 Å². The fourth-order valence-corrected chi connectivity index (χ4v) is 2.77. The lowest BCUT2D eigenvalue weighted by Gasteiger charge is -2.21. The Kier molecular flexibility index (Phi) is 7.48.